The average Bonchev–Trinajstić information content (AvgIpc) is 2.25. The van der Waals surface area contributed by atoms with Gasteiger partial charge in [-0.3, -0.25) is 0 Å². The molecule has 0 saturated heterocycles. The Balaban J connectivity index is 3.02. The summed E-state index contributed by atoms with van der Waals surface area (Å²) in [6, 6.07) is 0.674. The van der Waals surface area contributed by atoms with Gasteiger partial charge in [0.15, 0.2) is 0 Å². The second-order valence-corrected chi connectivity index (χ2v) is 5.27. The smallest absolute Gasteiger partial charge is 0.0438 e. The molecule has 0 radical (unpaired) electrons. The molecular weight excluding hydrogens is 206 g/mol. The summed E-state index contributed by atoms with van der Waals surface area (Å²) < 4.78 is 0. The van der Waals surface area contributed by atoms with Gasteiger partial charge in [0.25, 0.3) is 0 Å². The highest BCUT2D eigenvalue weighted by Gasteiger charge is 1.99. The fraction of sp³-hybridized carbons (Fsp3) is 1.00. The maximum atomic E-state index is 8.60. The Morgan fingerprint density at radius 1 is 1.20 bits per heavy atom. The van der Waals surface area contributed by atoms with Crippen LogP contribution in [0.2, 0.25) is 0 Å². The van der Waals surface area contributed by atoms with E-state index < -0.39 is 0 Å². The van der Waals surface area contributed by atoms with Crippen molar-refractivity contribution in [3.05, 3.63) is 0 Å². The first-order valence-corrected chi connectivity index (χ1v) is 7.38. The fourth-order valence-electron chi connectivity index (χ4n) is 1.42. The van der Waals surface area contributed by atoms with Crippen LogP contribution < -0.4 is 5.32 Å². The van der Waals surface area contributed by atoms with Crippen molar-refractivity contribution in [1.29, 1.82) is 0 Å². The van der Waals surface area contributed by atoms with E-state index in [4.69, 9.17) is 5.11 Å². The van der Waals surface area contributed by atoms with Crippen LogP contribution in [0.3, 0.4) is 0 Å². The molecule has 0 bridgehead atoms. The molecule has 2 nitrogen and oxygen atoms in total. The summed E-state index contributed by atoms with van der Waals surface area (Å²) in [5, 5.41) is 12.1. The molecule has 3 heteroatoms. The lowest BCUT2D eigenvalue weighted by molar-refractivity contribution is 0.296. The monoisotopic (exact) mass is 233 g/mol. The van der Waals surface area contributed by atoms with Gasteiger partial charge >= 0.3 is 0 Å². The zero-order valence-corrected chi connectivity index (χ0v) is 11.1. The normalized spacial score (nSPS) is 13.0. The van der Waals surface area contributed by atoms with Crippen LogP contribution in [0, 0.1) is 0 Å². The van der Waals surface area contributed by atoms with E-state index in [1.54, 1.807) is 0 Å². The molecule has 0 aliphatic carbocycles. The Labute approximate surface area is 99.2 Å². The van der Waals surface area contributed by atoms with Gasteiger partial charge in [-0.1, -0.05) is 13.3 Å². The van der Waals surface area contributed by atoms with Gasteiger partial charge in [-0.25, -0.2) is 0 Å². The minimum Gasteiger partial charge on any atom is -0.396 e. The number of aliphatic hydroxyl groups is 1. The number of nitrogens with one attached hydrogen (secondary N) is 1. The molecule has 0 aliphatic rings. The molecule has 0 spiro atoms. The number of thioether (sulfide) groups is 1. The second-order valence-electron chi connectivity index (χ2n) is 4.04. The first-order chi connectivity index (χ1) is 7.31. The molecule has 0 aliphatic heterocycles. The van der Waals surface area contributed by atoms with Crippen LogP contribution in [0.4, 0.5) is 0 Å². The molecule has 1 unspecified atom stereocenters. The molecule has 15 heavy (non-hydrogen) atoms. The van der Waals surface area contributed by atoms with E-state index in [1.807, 2.05) is 11.8 Å². The SMILES string of the molecule is CCCNC(C)CCCCSCCCO. The topological polar surface area (TPSA) is 32.3 Å². The predicted octanol–water partition coefficient (Wildman–Crippen LogP) is 2.66. The zero-order chi connectivity index (χ0) is 11.4. The lowest BCUT2D eigenvalue weighted by Crippen LogP contribution is -2.26. The number of hydrogen-bond acceptors (Lipinski definition) is 3. The van der Waals surface area contributed by atoms with E-state index in [9.17, 15) is 0 Å². The lowest BCUT2D eigenvalue weighted by atomic mass is 10.1. The summed E-state index contributed by atoms with van der Waals surface area (Å²) in [7, 11) is 0. The van der Waals surface area contributed by atoms with E-state index in [2.05, 4.69) is 19.2 Å². The Bertz CT molecular complexity index is 122. The van der Waals surface area contributed by atoms with E-state index in [0.717, 1.165) is 18.7 Å². The molecule has 0 aromatic carbocycles. The largest absolute Gasteiger partial charge is 0.396 e. The van der Waals surface area contributed by atoms with Crippen LogP contribution >= 0.6 is 11.8 Å². The summed E-state index contributed by atoms with van der Waals surface area (Å²) in [6.45, 7) is 5.96. The van der Waals surface area contributed by atoms with Gasteiger partial charge in [0.1, 0.15) is 0 Å². The van der Waals surface area contributed by atoms with E-state index in [1.165, 1.54) is 31.4 Å². The van der Waals surface area contributed by atoms with Crippen molar-refractivity contribution in [2.24, 2.45) is 0 Å². The first kappa shape index (κ1) is 15.3. The highest BCUT2D eigenvalue weighted by Crippen LogP contribution is 2.08. The summed E-state index contributed by atoms with van der Waals surface area (Å²) >= 11 is 1.97. The number of aliphatic hydroxyl groups excluding tert-OH is 1. The van der Waals surface area contributed by atoms with Gasteiger partial charge in [0.2, 0.25) is 0 Å². The minimum absolute atomic E-state index is 0.338. The van der Waals surface area contributed by atoms with Crippen molar-refractivity contribution in [3.8, 4) is 0 Å². The van der Waals surface area contributed by atoms with Crippen molar-refractivity contribution in [3.63, 3.8) is 0 Å². The lowest BCUT2D eigenvalue weighted by Gasteiger charge is -2.12. The average molecular weight is 233 g/mol. The Kier molecular flexibility index (Phi) is 12.6. The summed E-state index contributed by atoms with van der Waals surface area (Å²) in [5.41, 5.74) is 0. The van der Waals surface area contributed by atoms with Crippen molar-refractivity contribution in [2.75, 3.05) is 24.7 Å². The minimum atomic E-state index is 0.338. The maximum absolute atomic E-state index is 8.60. The van der Waals surface area contributed by atoms with Crippen LogP contribution in [-0.2, 0) is 0 Å². The molecule has 0 aromatic rings. The quantitative estimate of drug-likeness (QED) is 0.538. The van der Waals surface area contributed by atoms with Crippen molar-refractivity contribution in [1.82, 2.24) is 5.32 Å². The summed E-state index contributed by atoms with van der Waals surface area (Å²) in [5.74, 6) is 2.36. The second kappa shape index (κ2) is 12.3. The van der Waals surface area contributed by atoms with Crippen LogP contribution in [0.15, 0.2) is 0 Å². The van der Waals surface area contributed by atoms with Gasteiger partial charge in [0.05, 0.1) is 0 Å². The van der Waals surface area contributed by atoms with Gasteiger partial charge in [0, 0.05) is 12.6 Å². The maximum Gasteiger partial charge on any atom is 0.0438 e. The molecule has 0 amide bonds. The summed E-state index contributed by atoms with van der Waals surface area (Å²) in [4.78, 5) is 0. The number of hydrogen-bond donors (Lipinski definition) is 2. The molecule has 0 aromatic heterocycles. The fourth-order valence-corrected chi connectivity index (χ4v) is 2.36. The number of rotatable bonds is 11. The molecular formula is C12H27NOS. The third-order valence-corrected chi connectivity index (χ3v) is 3.52. The molecule has 92 valence electrons. The van der Waals surface area contributed by atoms with Crippen LogP contribution in [0.5, 0.6) is 0 Å². The molecule has 0 rings (SSSR count). The summed E-state index contributed by atoms with van der Waals surface area (Å²) in [6.07, 6.45) is 6.10. The third kappa shape index (κ3) is 12.2. The Morgan fingerprint density at radius 2 is 1.93 bits per heavy atom. The van der Waals surface area contributed by atoms with E-state index >= 15 is 0 Å². The van der Waals surface area contributed by atoms with E-state index in [-0.39, 0.29) is 0 Å². The molecule has 0 fully saturated rings. The van der Waals surface area contributed by atoms with Crippen molar-refractivity contribution in [2.45, 2.75) is 52.0 Å². The highest BCUT2D eigenvalue weighted by molar-refractivity contribution is 7.99. The van der Waals surface area contributed by atoms with Gasteiger partial charge in [-0.15, -0.1) is 0 Å². The molecule has 1 atom stereocenters. The van der Waals surface area contributed by atoms with Crippen LogP contribution in [0.25, 0.3) is 0 Å². The molecule has 0 saturated carbocycles. The number of unbranched alkanes of at least 4 members (excludes halogenated alkanes) is 1. The van der Waals surface area contributed by atoms with Crippen molar-refractivity contribution < 1.29 is 5.11 Å². The van der Waals surface area contributed by atoms with Crippen LogP contribution in [-0.4, -0.2) is 35.8 Å². The molecule has 0 heterocycles. The standard InChI is InChI=1S/C12H27NOS/c1-3-8-13-12(2)7-4-5-10-15-11-6-9-14/h12-14H,3-11H2,1-2H3. The Morgan fingerprint density at radius 3 is 2.60 bits per heavy atom. The Hall–Kier alpha value is 0.270. The van der Waals surface area contributed by atoms with Crippen LogP contribution in [0.1, 0.15) is 46.0 Å². The first-order valence-electron chi connectivity index (χ1n) is 6.23. The van der Waals surface area contributed by atoms with Gasteiger partial charge in [-0.2, -0.15) is 11.8 Å². The zero-order valence-electron chi connectivity index (χ0n) is 10.3. The van der Waals surface area contributed by atoms with Gasteiger partial charge < -0.3 is 10.4 Å². The van der Waals surface area contributed by atoms with E-state index in [0.29, 0.717) is 12.6 Å². The predicted molar refractivity (Wildman–Crippen MR) is 70.6 cm³/mol. The molecule has 2 N–H and O–H groups in total. The van der Waals surface area contributed by atoms with Gasteiger partial charge in [-0.05, 0) is 50.7 Å². The van der Waals surface area contributed by atoms with Crippen molar-refractivity contribution >= 4 is 11.8 Å². The third-order valence-electron chi connectivity index (χ3n) is 2.37. The highest BCUT2D eigenvalue weighted by atomic mass is 32.2.